The quantitative estimate of drug-likeness (QED) is 0.864. The van der Waals surface area contributed by atoms with Gasteiger partial charge in [0.1, 0.15) is 0 Å². The van der Waals surface area contributed by atoms with Gasteiger partial charge in [0, 0.05) is 36.3 Å². The number of nitrogens with zero attached hydrogens (tertiary/aromatic N) is 2. The maximum absolute atomic E-state index is 12.5. The molecule has 0 spiro atoms. The van der Waals surface area contributed by atoms with Gasteiger partial charge in [-0.2, -0.15) is 0 Å². The summed E-state index contributed by atoms with van der Waals surface area (Å²) in [5.74, 6) is 0.143. The first-order valence-electron chi connectivity index (χ1n) is 7.09. The Morgan fingerprint density at radius 1 is 1.25 bits per heavy atom. The van der Waals surface area contributed by atoms with E-state index in [9.17, 15) is 4.79 Å². The molecule has 0 amide bonds. The number of rotatable bonds is 3. The summed E-state index contributed by atoms with van der Waals surface area (Å²) in [4.78, 5) is 19.0. The van der Waals surface area contributed by atoms with Gasteiger partial charge in [-0.1, -0.05) is 18.2 Å². The fraction of sp³-hybridized carbons (Fsp3) is 0.375. The van der Waals surface area contributed by atoms with E-state index < -0.39 is 0 Å². The lowest BCUT2D eigenvalue weighted by molar-refractivity contribution is 0.0911. The predicted molar refractivity (Wildman–Crippen MR) is 79.7 cm³/mol. The topological polar surface area (TPSA) is 59.2 Å². The first kappa shape index (κ1) is 13.2. The van der Waals surface area contributed by atoms with Crippen LogP contribution in [-0.4, -0.2) is 41.3 Å². The number of aromatic nitrogens is 1. The van der Waals surface area contributed by atoms with Crippen molar-refractivity contribution in [2.24, 2.45) is 5.73 Å². The molecular weight excluding hydrogens is 250 g/mol. The highest BCUT2D eigenvalue weighted by atomic mass is 16.1. The van der Waals surface area contributed by atoms with Gasteiger partial charge < -0.3 is 5.73 Å². The maximum Gasteiger partial charge on any atom is 0.179 e. The number of Topliss-reactive ketones (excluding diaryl/α,β-unsaturated/α-hetero) is 1. The van der Waals surface area contributed by atoms with Crippen molar-refractivity contribution in [2.75, 3.05) is 19.6 Å². The number of hydrogen-bond acceptors (Lipinski definition) is 4. The van der Waals surface area contributed by atoms with Crippen molar-refractivity contribution >= 4 is 16.7 Å². The van der Waals surface area contributed by atoms with Gasteiger partial charge in [-0.25, -0.2) is 0 Å². The summed E-state index contributed by atoms with van der Waals surface area (Å²) < 4.78 is 0. The zero-order valence-electron chi connectivity index (χ0n) is 11.5. The van der Waals surface area contributed by atoms with Crippen LogP contribution in [0, 0.1) is 0 Å². The van der Waals surface area contributed by atoms with Crippen molar-refractivity contribution < 1.29 is 4.79 Å². The fourth-order valence-electron chi connectivity index (χ4n) is 2.73. The monoisotopic (exact) mass is 269 g/mol. The Labute approximate surface area is 118 Å². The summed E-state index contributed by atoms with van der Waals surface area (Å²) in [5.41, 5.74) is 7.41. The van der Waals surface area contributed by atoms with Crippen LogP contribution in [0.25, 0.3) is 10.9 Å². The van der Waals surface area contributed by atoms with Gasteiger partial charge in [-0.15, -0.1) is 0 Å². The molecule has 0 aliphatic carbocycles. The summed E-state index contributed by atoms with van der Waals surface area (Å²) in [6.07, 6.45) is 3.68. The number of nitrogens with two attached hydrogens (primary N) is 1. The van der Waals surface area contributed by atoms with Crippen molar-refractivity contribution in [2.45, 2.75) is 18.9 Å². The highest BCUT2D eigenvalue weighted by Crippen LogP contribution is 2.17. The third kappa shape index (κ3) is 2.71. The molecule has 1 fully saturated rings. The second-order valence-corrected chi connectivity index (χ2v) is 5.42. The highest BCUT2D eigenvalue weighted by Gasteiger charge is 2.20. The van der Waals surface area contributed by atoms with Gasteiger partial charge in [0.05, 0.1) is 12.1 Å². The lowest BCUT2D eigenvalue weighted by atomic mass is 10.0. The second kappa shape index (κ2) is 5.69. The van der Waals surface area contributed by atoms with E-state index in [1.54, 1.807) is 6.20 Å². The Hall–Kier alpha value is -1.78. The molecule has 104 valence electrons. The van der Waals surface area contributed by atoms with Crippen LogP contribution in [0.15, 0.2) is 36.5 Å². The minimum Gasteiger partial charge on any atom is -0.328 e. The third-order valence-electron chi connectivity index (χ3n) is 3.93. The molecule has 4 nitrogen and oxygen atoms in total. The number of carbonyl (C=O) groups is 1. The Morgan fingerprint density at radius 3 is 2.80 bits per heavy atom. The normalized spacial score (nSPS) is 17.4. The van der Waals surface area contributed by atoms with Gasteiger partial charge in [0.25, 0.3) is 0 Å². The SMILES string of the molecule is NC1CCN(CC(=O)c2cccc3cccnc23)CC1. The van der Waals surface area contributed by atoms with Crippen LogP contribution in [0.5, 0.6) is 0 Å². The molecule has 2 heterocycles. The fourth-order valence-corrected chi connectivity index (χ4v) is 2.73. The summed E-state index contributed by atoms with van der Waals surface area (Å²) in [7, 11) is 0. The van der Waals surface area contributed by atoms with E-state index in [1.165, 1.54) is 0 Å². The van der Waals surface area contributed by atoms with Gasteiger partial charge in [0.2, 0.25) is 0 Å². The van der Waals surface area contributed by atoms with E-state index in [2.05, 4.69) is 9.88 Å². The lowest BCUT2D eigenvalue weighted by Gasteiger charge is -2.29. The smallest absolute Gasteiger partial charge is 0.179 e. The number of likely N-dealkylation sites (tertiary alicyclic amines) is 1. The van der Waals surface area contributed by atoms with Crippen LogP contribution in [0.3, 0.4) is 0 Å². The first-order valence-corrected chi connectivity index (χ1v) is 7.09. The molecule has 1 aliphatic rings. The molecule has 0 radical (unpaired) electrons. The molecule has 1 aromatic carbocycles. The molecule has 0 unspecified atom stereocenters. The van der Waals surface area contributed by atoms with Crippen molar-refractivity contribution in [1.29, 1.82) is 0 Å². The summed E-state index contributed by atoms with van der Waals surface area (Å²) >= 11 is 0. The van der Waals surface area contributed by atoms with Crippen LogP contribution >= 0.6 is 0 Å². The van der Waals surface area contributed by atoms with Crippen molar-refractivity contribution in [3.63, 3.8) is 0 Å². The number of piperidine rings is 1. The number of carbonyl (C=O) groups excluding carboxylic acids is 1. The van der Waals surface area contributed by atoms with Gasteiger partial charge in [-0.3, -0.25) is 14.7 Å². The van der Waals surface area contributed by atoms with Crippen molar-refractivity contribution in [1.82, 2.24) is 9.88 Å². The number of ketones is 1. The molecule has 1 aromatic heterocycles. The van der Waals surface area contributed by atoms with Crippen LogP contribution in [0.2, 0.25) is 0 Å². The molecule has 4 heteroatoms. The molecule has 0 atom stereocenters. The number of fused-ring (bicyclic) bond motifs is 1. The molecular formula is C16H19N3O. The minimum absolute atomic E-state index is 0.143. The molecule has 20 heavy (non-hydrogen) atoms. The number of pyridine rings is 1. The Bertz CT molecular complexity index is 613. The van der Waals surface area contributed by atoms with Gasteiger partial charge in [0.15, 0.2) is 5.78 Å². The van der Waals surface area contributed by atoms with Crippen molar-refractivity contribution in [3.05, 3.63) is 42.1 Å². The van der Waals surface area contributed by atoms with Crippen LogP contribution < -0.4 is 5.73 Å². The summed E-state index contributed by atoms with van der Waals surface area (Å²) in [6.45, 7) is 2.28. The van der Waals surface area contributed by atoms with E-state index in [-0.39, 0.29) is 5.78 Å². The largest absolute Gasteiger partial charge is 0.328 e. The average molecular weight is 269 g/mol. The number of para-hydroxylation sites is 1. The molecule has 1 aliphatic heterocycles. The zero-order chi connectivity index (χ0) is 13.9. The van der Waals surface area contributed by atoms with Crippen LogP contribution in [0.1, 0.15) is 23.2 Å². The number of hydrogen-bond donors (Lipinski definition) is 1. The second-order valence-electron chi connectivity index (χ2n) is 5.42. The zero-order valence-corrected chi connectivity index (χ0v) is 11.5. The third-order valence-corrected chi connectivity index (χ3v) is 3.93. The Balaban J connectivity index is 1.79. The van der Waals surface area contributed by atoms with Gasteiger partial charge >= 0.3 is 0 Å². The van der Waals surface area contributed by atoms with E-state index in [1.807, 2.05) is 30.3 Å². The Kier molecular flexibility index (Phi) is 3.76. The van der Waals surface area contributed by atoms with E-state index >= 15 is 0 Å². The molecule has 1 saturated heterocycles. The van der Waals surface area contributed by atoms with E-state index in [0.717, 1.165) is 42.4 Å². The van der Waals surface area contributed by atoms with Crippen molar-refractivity contribution in [3.8, 4) is 0 Å². The van der Waals surface area contributed by atoms with E-state index in [4.69, 9.17) is 5.73 Å². The van der Waals surface area contributed by atoms with Crippen LogP contribution in [0.4, 0.5) is 0 Å². The molecule has 2 N–H and O–H groups in total. The molecule has 2 aromatic rings. The highest BCUT2D eigenvalue weighted by molar-refractivity contribution is 6.07. The van der Waals surface area contributed by atoms with Crippen LogP contribution in [-0.2, 0) is 0 Å². The molecule has 0 bridgehead atoms. The summed E-state index contributed by atoms with van der Waals surface area (Å²) in [5, 5.41) is 1.01. The predicted octanol–water partition coefficient (Wildman–Crippen LogP) is 1.84. The van der Waals surface area contributed by atoms with Gasteiger partial charge in [-0.05, 0) is 25.0 Å². The maximum atomic E-state index is 12.5. The number of benzene rings is 1. The minimum atomic E-state index is 0.143. The van der Waals surface area contributed by atoms with E-state index in [0.29, 0.717) is 12.6 Å². The average Bonchev–Trinajstić information content (AvgIpc) is 2.49. The molecule has 0 saturated carbocycles. The Morgan fingerprint density at radius 2 is 2.00 bits per heavy atom. The standard InChI is InChI=1S/C16H19N3O/c17-13-6-9-19(10-7-13)11-15(20)14-5-1-3-12-4-2-8-18-16(12)14/h1-5,8,13H,6-7,9-11,17H2. The lowest BCUT2D eigenvalue weighted by Crippen LogP contribution is -2.41. The molecule has 3 rings (SSSR count). The summed E-state index contributed by atoms with van der Waals surface area (Å²) in [6, 6.07) is 9.94. The first-order chi connectivity index (χ1) is 9.74.